The molecule has 1 N–H and O–H groups in total. The van der Waals surface area contributed by atoms with Gasteiger partial charge in [-0.2, -0.15) is 0 Å². The Morgan fingerprint density at radius 3 is 2.68 bits per heavy atom. The van der Waals surface area contributed by atoms with E-state index in [2.05, 4.69) is 4.98 Å². The molecule has 1 aliphatic carbocycles. The topological polar surface area (TPSA) is 76.5 Å². The number of methoxy groups -OCH3 is 1. The molecule has 1 aromatic heterocycles. The molecule has 1 atom stereocenters. The summed E-state index contributed by atoms with van der Waals surface area (Å²) in [6.45, 7) is 0. The van der Waals surface area contributed by atoms with Crippen LogP contribution in [0.25, 0.3) is 0 Å². The van der Waals surface area contributed by atoms with Gasteiger partial charge in [-0.25, -0.2) is 0 Å². The van der Waals surface area contributed by atoms with Gasteiger partial charge >= 0.3 is 11.9 Å². The second-order valence-electron chi connectivity index (χ2n) is 4.89. The maximum atomic E-state index is 12.2. The Labute approximate surface area is 115 Å². The van der Waals surface area contributed by atoms with Gasteiger partial charge in [0.1, 0.15) is 0 Å². The lowest BCUT2D eigenvalue weighted by atomic mass is 9.71. The molecule has 2 rings (SSSR count). The summed E-state index contributed by atoms with van der Waals surface area (Å²) in [5.41, 5.74) is 0.186. The van der Waals surface area contributed by atoms with Crippen LogP contribution in [0.2, 0.25) is 0 Å². The van der Waals surface area contributed by atoms with Crippen molar-refractivity contribution in [3.8, 4) is 0 Å². The highest BCUT2D eigenvalue weighted by Crippen LogP contribution is 2.44. The van der Waals surface area contributed by atoms with Crippen LogP contribution in [0.15, 0.2) is 11.7 Å². The lowest BCUT2D eigenvalue weighted by molar-refractivity contribution is -0.171. The molecule has 1 heterocycles. The minimum atomic E-state index is -1.46. The van der Waals surface area contributed by atoms with E-state index in [1.807, 2.05) is 0 Å². The number of nitrogens with zero attached hydrogens (tertiary/aromatic N) is 1. The molecule has 0 bridgehead atoms. The molecule has 104 valence electrons. The molecule has 0 amide bonds. The third kappa shape index (κ3) is 2.49. The summed E-state index contributed by atoms with van der Waals surface area (Å²) in [4.78, 5) is 28.7. The normalized spacial score (nSPS) is 19.0. The summed E-state index contributed by atoms with van der Waals surface area (Å²) in [5.74, 6) is -1.88. The summed E-state index contributed by atoms with van der Waals surface area (Å²) < 4.78 is 4.80. The lowest BCUT2D eigenvalue weighted by Gasteiger charge is -2.31. The third-order valence-corrected chi connectivity index (χ3v) is 4.70. The van der Waals surface area contributed by atoms with Crippen molar-refractivity contribution in [1.29, 1.82) is 0 Å². The fourth-order valence-corrected chi connectivity index (χ4v) is 3.62. The maximum Gasteiger partial charge on any atom is 0.323 e. The van der Waals surface area contributed by atoms with E-state index in [-0.39, 0.29) is 12.3 Å². The van der Waals surface area contributed by atoms with Gasteiger partial charge in [-0.15, -0.1) is 11.3 Å². The standard InChI is InChI=1S/C13H17NO4S/c1-18-12(17)13(11(15)16,9-4-2-3-5-9)6-10-7-14-8-19-10/h7-9H,2-6H2,1H3,(H,15,16). The van der Waals surface area contributed by atoms with E-state index in [4.69, 9.17) is 4.74 Å². The summed E-state index contributed by atoms with van der Waals surface area (Å²) in [5, 5.41) is 9.67. The first-order valence-corrected chi connectivity index (χ1v) is 7.18. The number of thiazole rings is 1. The predicted molar refractivity (Wildman–Crippen MR) is 69.9 cm³/mol. The lowest BCUT2D eigenvalue weighted by Crippen LogP contribution is -2.47. The summed E-state index contributed by atoms with van der Waals surface area (Å²) in [6, 6.07) is 0. The van der Waals surface area contributed by atoms with Crippen molar-refractivity contribution in [2.45, 2.75) is 32.1 Å². The van der Waals surface area contributed by atoms with E-state index < -0.39 is 17.4 Å². The Kier molecular flexibility index (Phi) is 4.19. The van der Waals surface area contributed by atoms with Crippen molar-refractivity contribution in [2.24, 2.45) is 11.3 Å². The van der Waals surface area contributed by atoms with Crippen molar-refractivity contribution in [3.05, 3.63) is 16.6 Å². The van der Waals surface area contributed by atoms with Crippen molar-refractivity contribution in [3.63, 3.8) is 0 Å². The van der Waals surface area contributed by atoms with Crippen LogP contribution in [0.4, 0.5) is 0 Å². The number of esters is 1. The second-order valence-corrected chi connectivity index (χ2v) is 5.86. The molecule has 1 saturated carbocycles. The average Bonchev–Trinajstić information content (AvgIpc) is 3.07. The summed E-state index contributed by atoms with van der Waals surface area (Å²) >= 11 is 1.37. The van der Waals surface area contributed by atoms with Crippen molar-refractivity contribution < 1.29 is 19.4 Å². The molecule has 1 aliphatic rings. The molecule has 0 aliphatic heterocycles. The number of aromatic nitrogens is 1. The largest absolute Gasteiger partial charge is 0.480 e. The molecule has 6 heteroatoms. The number of aliphatic carboxylic acids is 1. The highest BCUT2D eigenvalue weighted by Gasteiger charge is 2.54. The van der Waals surface area contributed by atoms with Gasteiger partial charge in [0.15, 0.2) is 5.41 Å². The highest BCUT2D eigenvalue weighted by molar-refractivity contribution is 7.09. The molecular weight excluding hydrogens is 266 g/mol. The van der Waals surface area contributed by atoms with Crippen molar-refractivity contribution >= 4 is 23.3 Å². The molecule has 0 spiro atoms. The molecule has 19 heavy (non-hydrogen) atoms. The van der Waals surface area contributed by atoms with Crippen molar-refractivity contribution in [2.75, 3.05) is 7.11 Å². The molecule has 0 radical (unpaired) electrons. The van der Waals surface area contributed by atoms with Gasteiger partial charge < -0.3 is 9.84 Å². The van der Waals surface area contributed by atoms with Gasteiger partial charge in [0, 0.05) is 17.5 Å². The third-order valence-electron chi connectivity index (χ3n) is 3.92. The number of ether oxygens (including phenoxy) is 1. The fourth-order valence-electron chi connectivity index (χ4n) is 2.93. The Morgan fingerprint density at radius 2 is 2.21 bits per heavy atom. The van der Waals surface area contributed by atoms with Crippen LogP contribution >= 0.6 is 11.3 Å². The minimum absolute atomic E-state index is 0.153. The minimum Gasteiger partial charge on any atom is -0.480 e. The number of carboxylic acid groups (broad SMARTS) is 1. The number of carboxylic acids is 1. The SMILES string of the molecule is COC(=O)C(Cc1cncs1)(C(=O)O)C1CCCC1. The summed E-state index contributed by atoms with van der Waals surface area (Å²) in [7, 11) is 1.25. The van der Waals surface area contributed by atoms with E-state index in [0.29, 0.717) is 0 Å². The van der Waals surface area contributed by atoms with Crippen LogP contribution < -0.4 is 0 Å². The van der Waals surface area contributed by atoms with Gasteiger partial charge in [0.05, 0.1) is 12.6 Å². The maximum absolute atomic E-state index is 12.2. The fraction of sp³-hybridized carbons (Fsp3) is 0.615. The quantitative estimate of drug-likeness (QED) is 0.661. The Morgan fingerprint density at radius 1 is 1.53 bits per heavy atom. The Bertz CT molecular complexity index is 453. The monoisotopic (exact) mass is 283 g/mol. The molecular formula is C13H17NO4S. The van der Waals surface area contributed by atoms with Gasteiger partial charge in [0.25, 0.3) is 0 Å². The van der Waals surface area contributed by atoms with Crippen molar-refractivity contribution in [1.82, 2.24) is 4.98 Å². The zero-order chi connectivity index (χ0) is 13.9. The molecule has 1 aromatic rings. The van der Waals surface area contributed by atoms with E-state index in [0.717, 1.165) is 30.6 Å². The molecule has 1 fully saturated rings. The average molecular weight is 283 g/mol. The van der Waals surface area contributed by atoms with E-state index in [1.54, 1.807) is 11.7 Å². The van der Waals surface area contributed by atoms with Crippen LogP contribution in [0.3, 0.4) is 0 Å². The first-order valence-electron chi connectivity index (χ1n) is 6.30. The Balaban J connectivity index is 2.38. The van der Waals surface area contributed by atoms with Gasteiger partial charge in [-0.3, -0.25) is 14.6 Å². The van der Waals surface area contributed by atoms with E-state index >= 15 is 0 Å². The van der Waals surface area contributed by atoms with Crippen LogP contribution in [-0.4, -0.2) is 29.1 Å². The number of carbonyl (C=O) groups is 2. The van der Waals surface area contributed by atoms with Crippen LogP contribution in [-0.2, 0) is 20.7 Å². The van der Waals surface area contributed by atoms with Crippen LogP contribution in [0.1, 0.15) is 30.6 Å². The molecule has 1 unspecified atom stereocenters. The zero-order valence-corrected chi connectivity index (χ0v) is 11.6. The molecule has 0 aromatic carbocycles. The number of rotatable bonds is 5. The van der Waals surface area contributed by atoms with E-state index in [9.17, 15) is 14.7 Å². The predicted octanol–water partition coefficient (Wildman–Crippen LogP) is 2.12. The first-order chi connectivity index (χ1) is 9.11. The van der Waals surface area contributed by atoms with Crippen LogP contribution in [0.5, 0.6) is 0 Å². The van der Waals surface area contributed by atoms with E-state index in [1.165, 1.54) is 18.4 Å². The molecule has 0 saturated heterocycles. The second kappa shape index (κ2) is 5.69. The first kappa shape index (κ1) is 14.0. The number of carbonyl (C=O) groups excluding carboxylic acids is 1. The van der Waals surface area contributed by atoms with Gasteiger partial charge in [-0.05, 0) is 18.8 Å². The van der Waals surface area contributed by atoms with Gasteiger partial charge in [-0.1, -0.05) is 12.8 Å². The van der Waals surface area contributed by atoms with Gasteiger partial charge in [0.2, 0.25) is 0 Å². The number of hydrogen-bond donors (Lipinski definition) is 1. The highest BCUT2D eigenvalue weighted by atomic mass is 32.1. The smallest absolute Gasteiger partial charge is 0.323 e. The summed E-state index contributed by atoms with van der Waals surface area (Å²) in [6.07, 6.45) is 5.27. The Hall–Kier alpha value is -1.43. The molecule has 5 nitrogen and oxygen atoms in total. The number of hydrogen-bond acceptors (Lipinski definition) is 5. The van der Waals surface area contributed by atoms with Crippen LogP contribution in [0, 0.1) is 11.3 Å². The zero-order valence-electron chi connectivity index (χ0n) is 10.8.